The smallest absolute Gasteiger partial charge is 0.343 e. The number of halogens is 1. The van der Waals surface area contributed by atoms with Gasteiger partial charge >= 0.3 is 5.97 Å². The summed E-state index contributed by atoms with van der Waals surface area (Å²) in [6, 6.07) is 0. The first-order chi connectivity index (χ1) is 6.07. The molecule has 1 aromatic heterocycles. The van der Waals surface area contributed by atoms with Gasteiger partial charge in [-0.05, 0) is 15.9 Å². The molecule has 6 heteroatoms. The molecule has 1 heterocycles. The lowest BCUT2D eigenvalue weighted by atomic mass is 10.2. The fourth-order valence-corrected chi connectivity index (χ4v) is 1.15. The van der Waals surface area contributed by atoms with Gasteiger partial charge in [-0.2, -0.15) is 0 Å². The number of hydrogen-bond acceptors (Lipinski definition) is 4. The Labute approximate surface area is 82.7 Å². The first-order valence-corrected chi connectivity index (χ1v) is 4.08. The second-order valence-electron chi connectivity index (χ2n) is 2.21. The predicted octanol–water partition coefficient (Wildman–Crippen LogP) is 1.13. The van der Waals surface area contributed by atoms with Crippen LogP contribution in [0.5, 0.6) is 5.88 Å². The van der Waals surface area contributed by atoms with Gasteiger partial charge in [-0.3, -0.25) is 0 Å². The normalized spacial score (nSPS) is 9.69. The lowest BCUT2D eigenvalue weighted by molar-refractivity contribution is 0.0693. The van der Waals surface area contributed by atoms with E-state index in [1.54, 1.807) is 0 Å². The average molecular weight is 247 g/mol. The predicted molar refractivity (Wildman–Crippen MR) is 49.9 cm³/mol. The molecule has 0 amide bonds. The quantitative estimate of drug-likeness (QED) is 0.818. The van der Waals surface area contributed by atoms with E-state index in [9.17, 15) is 4.79 Å². The Morgan fingerprint density at radius 2 is 2.38 bits per heavy atom. The Morgan fingerprint density at radius 1 is 1.77 bits per heavy atom. The minimum absolute atomic E-state index is 0.00759. The molecule has 0 aliphatic carbocycles. The molecule has 0 fully saturated rings. The molecule has 0 radical (unpaired) electrons. The average Bonchev–Trinajstić information content (AvgIpc) is 2.08. The van der Waals surface area contributed by atoms with Crippen LogP contribution < -0.4 is 10.5 Å². The molecule has 0 unspecified atom stereocenters. The highest BCUT2D eigenvalue weighted by molar-refractivity contribution is 9.10. The summed E-state index contributed by atoms with van der Waals surface area (Å²) in [7, 11) is 1.34. The largest absolute Gasteiger partial charge is 0.480 e. The van der Waals surface area contributed by atoms with Crippen LogP contribution in [-0.4, -0.2) is 23.2 Å². The van der Waals surface area contributed by atoms with E-state index in [0.717, 1.165) is 0 Å². The van der Waals surface area contributed by atoms with Crippen LogP contribution in [0.1, 0.15) is 10.4 Å². The number of carbonyl (C=O) groups is 1. The molecule has 0 aliphatic rings. The molecule has 5 nitrogen and oxygen atoms in total. The van der Waals surface area contributed by atoms with Crippen molar-refractivity contribution in [3.8, 4) is 5.88 Å². The minimum atomic E-state index is -1.16. The van der Waals surface area contributed by atoms with Crippen LogP contribution in [0.15, 0.2) is 10.7 Å². The summed E-state index contributed by atoms with van der Waals surface area (Å²) in [5.41, 5.74) is 5.49. The first kappa shape index (κ1) is 9.79. The summed E-state index contributed by atoms with van der Waals surface area (Å²) in [5, 5.41) is 8.78. The third-order valence-corrected chi connectivity index (χ3v) is 2.07. The Hall–Kier alpha value is -1.30. The lowest BCUT2D eigenvalue weighted by Gasteiger charge is -2.06. The van der Waals surface area contributed by atoms with E-state index in [0.29, 0.717) is 4.47 Å². The molecule has 0 saturated carbocycles. The van der Waals surface area contributed by atoms with Gasteiger partial charge < -0.3 is 15.6 Å². The third kappa shape index (κ3) is 1.72. The van der Waals surface area contributed by atoms with Crippen molar-refractivity contribution in [2.24, 2.45) is 0 Å². The molecular formula is C7H7BrN2O3. The molecule has 3 N–H and O–H groups in total. The zero-order valence-electron chi connectivity index (χ0n) is 6.74. The summed E-state index contributed by atoms with van der Waals surface area (Å²) in [5.74, 6) is -1.16. The van der Waals surface area contributed by atoms with Crippen molar-refractivity contribution in [3.05, 3.63) is 16.2 Å². The van der Waals surface area contributed by atoms with Crippen LogP contribution >= 0.6 is 15.9 Å². The van der Waals surface area contributed by atoms with Crippen molar-refractivity contribution >= 4 is 27.6 Å². The minimum Gasteiger partial charge on any atom is -0.480 e. The fraction of sp³-hybridized carbons (Fsp3) is 0.143. The zero-order chi connectivity index (χ0) is 10.0. The second-order valence-corrected chi connectivity index (χ2v) is 3.06. The molecule has 1 rings (SSSR count). The van der Waals surface area contributed by atoms with Gasteiger partial charge in [0.25, 0.3) is 0 Å². The first-order valence-electron chi connectivity index (χ1n) is 3.29. The van der Waals surface area contributed by atoms with Gasteiger partial charge in [0.15, 0.2) is 0 Å². The number of aromatic nitrogens is 1. The number of rotatable bonds is 2. The van der Waals surface area contributed by atoms with Crippen LogP contribution in [0.4, 0.5) is 5.69 Å². The van der Waals surface area contributed by atoms with Gasteiger partial charge in [0, 0.05) is 6.20 Å². The van der Waals surface area contributed by atoms with Gasteiger partial charge in [0.2, 0.25) is 5.88 Å². The molecular weight excluding hydrogens is 240 g/mol. The van der Waals surface area contributed by atoms with E-state index in [1.165, 1.54) is 13.3 Å². The van der Waals surface area contributed by atoms with E-state index in [2.05, 4.69) is 20.9 Å². The second kappa shape index (κ2) is 3.61. The third-order valence-electron chi connectivity index (χ3n) is 1.44. The molecule has 1 aromatic rings. The SMILES string of the molecule is COc1ncc(Br)c(N)c1C(=O)O. The summed E-state index contributed by atoms with van der Waals surface area (Å²) < 4.78 is 5.19. The summed E-state index contributed by atoms with van der Waals surface area (Å²) in [4.78, 5) is 14.5. The molecule has 0 aromatic carbocycles. The molecule has 0 spiro atoms. The topological polar surface area (TPSA) is 85.4 Å². The van der Waals surface area contributed by atoms with Crippen molar-refractivity contribution in [2.45, 2.75) is 0 Å². The van der Waals surface area contributed by atoms with Crippen LogP contribution in [0.3, 0.4) is 0 Å². The zero-order valence-corrected chi connectivity index (χ0v) is 8.33. The number of carboxylic acids is 1. The van der Waals surface area contributed by atoms with Crippen molar-refractivity contribution in [1.29, 1.82) is 0 Å². The number of hydrogen-bond donors (Lipinski definition) is 2. The number of carboxylic acid groups (broad SMARTS) is 1. The van der Waals surface area contributed by atoms with Gasteiger partial charge in [-0.15, -0.1) is 0 Å². The van der Waals surface area contributed by atoms with E-state index in [-0.39, 0.29) is 17.1 Å². The highest BCUT2D eigenvalue weighted by Crippen LogP contribution is 2.28. The molecule has 0 saturated heterocycles. The maximum absolute atomic E-state index is 10.7. The van der Waals surface area contributed by atoms with Crippen LogP contribution in [0.25, 0.3) is 0 Å². The Balaban J connectivity index is 3.41. The van der Waals surface area contributed by atoms with Gasteiger partial charge in [-0.25, -0.2) is 9.78 Å². The molecule has 0 aliphatic heterocycles. The molecule has 13 heavy (non-hydrogen) atoms. The number of pyridine rings is 1. The number of methoxy groups -OCH3 is 1. The number of anilines is 1. The number of nitrogen functional groups attached to an aromatic ring is 1. The van der Waals surface area contributed by atoms with Crippen LogP contribution in [0, 0.1) is 0 Å². The number of ether oxygens (including phenoxy) is 1. The van der Waals surface area contributed by atoms with Gasteiger partial charge in [0.1, 0.15) is 5.56 Å². The van der Waals surface area contributed by atoms with Crippen LogP contribution in [-0.2, 0) is 0 Å². The Morgan fingerprint density at radius 3 is 2.85 bits per heavy atom. The van der Waals surface area contributed by atoms with E-state index in [1.807, 2.05) is 0 Å². The van der Waals surface area contributed by atoms with Crippen molar-refractivity contribution in [1.82, 2.24) is 4.98 Å². The van der Waals surface area contributed by atoms with E-state index < -0.39 is 5.97 Å². The molecule has 70 valence electrons. The summed E-state index contributed by atoms with van der Waals surface area (Å²) in [6.07, 6.45) is 1.39. The van der Waals surface area contributed by atoms with E-state index in [4.69, 9.17) is 15.6 Å². The Bertz CT molecular complexity index is 354. The van der Waals surface area contributed by atoms with Gasteiger partial charge in [0.05, 0.1) is 17.3 Å². The lowest BCUT2D eigenvalue weighted by Crippen LogP contribution is -2.07. The van der Waals surface area contributed by atoms with Crippen molar-refractivity contribution in [2.75, 3.05) is 12.8 Å². The Kier molecular flexibility index (Phi) is 2.72. The molecule has 0 atom stereocenters. The number of aromatic carboxylic acids is 1. The van der Waals surface area contributed by atoms with Gasteiger partial charge in [-0.1, -0.05) is 0 Å². The van der Waals surface area contributed by atoms with Crippen molar-refractivity contribution < 1.29 is 14.6 Å². The summed E-state index contributed by atoms with van der Waals surface area (Å²) in [6.45, 7) is 0. The summed E-state index contributed by atoms with van der Waals surface area (Å²) >= 11 is 3.07. The highest BCUT2D eigenvalue weighted by atomic mass is 79.9. The molecule has 0 bridgehead atoms. The standard InChI is InChI=1S/C7H7BrN2O3/c1-13-6-4(7(11)12)5(9)3(8)2-10-6/h2H,1H3,(H2,9,10)(H,11,12). The highest BCUT2D eigenvalue weighted by Gasteiger charge is 2.18. The maximum Gasteiger partial charge on any atom is 0.343 e. The fourth-order valence-electron chi connectivity index (χ4n) is 0.845. The van der Waals surface area contributed by atoms with E-state index >= 15 is 0 Å². The van der Waals surface area contributed by atoms with Crippen LogP contribution in [0.2, 0.25) is 0 Å². The monoisotopic (exact) mass is 246 g/mol. The number of nitrogens with zero attached hydrogens (tertiary/aromatic N) is 1. The maximum atomic E-state index is 10.7. The van der Waals surface area contributed by atoms with Crippen molar-refractivity contribution in [3.63, 3.8) is 0 Å². The number of nitrogens with two attached hydrogens (primary N) is 1.